The second-order valence-corrected chi connectivity index (χ2v) is 3.81. The predicted molar refractivity (Wildman–Crippen MR) is 37.4 cm³/mol. The van der Waals surface area contributed by atoms with Gasteiger partial charge in [-0.05, 0) is 0 Å². The van der Waals surface area contributed by atoms with E-state index in [1.54, 1.807) is 0 Å². The SMILES string of the molecule is O=S(=O)(O)C(CO)C(O)S. The summed E-state index contributed by atoms with van der Waals surface area (Å²) in [5, 5.41) is 15.2. The highest BCUT2D eigenvalue weighted by Crippen LogP contribution is 2.06. The maximum absolute atomic E-state index is 10.2. The molecule has 0 heterocycles. The molecule has 0 saturated heterocycles. The minimum atomic E-state index is -4.39. The van der Waals surface area contributed by atoms with E-state index in [9.17, 15) is 8.42 Å². The second-order valence-electron chi connectivity index (χ2n) is 1.65. The molecule has 3 N–H and O–H groups in total. The summed E-state index contributed by atoms with van der Waals surface area (Å²) in [4.78, 5) is 0. The van der Waals surface area contributed by atoms with Gasteiger partial charge in [-0.25, -0.2) is 0 Å². The Morgan fingerprint density at radius 3 is 1.90 bits per heavy atom. The van der Waals surface area contributed by atoms with Gasteiger partial charge in [0.15, 0.2) is 0 Å². The lowest BCUT2D eigenvalue weighted by atomic mass is 10.5. The summed E-state index contributed by atoms with van der Waals surface area (Å²) in [6.07, 6.45) is 0. The zero-order valence-electron chi connectivity index (χ0n) is 4.88. The van der Waals surface area contributed by atoms with Gasteiger partial charge in [0.2, 0.25) is 0 Å². The first-order valence-electron chi connectivity index (χ1n) is 2.33. The highest BCUT2D eigenvalue weighted by atomic mass is 32.2. The van der Waals surface area contributed by atoms with Gasteiger partial charge in [0.05, 0.1) is 6.61 Å². The van der Waals surface area contributed by atoms with Crippen molar-refractivity contribution in [1.82, 2.24) is 0 Å². The van der Waals surface area contributed by atoms with Gasteiger partial charge in [0.25, 0.3) is 10.1 Å². The van der Waals surface area contributed by atoms with Crippen LogP contribution < -0.4 is 0 Å². The molecule has 0 rings (SSSR count). The van der Waals surface area contributed by atoms with Gasteiger partial charge in [-0.2, -0.15) is 8.42 Å². The molecule has 0 fully saturated rings. The van der Waals surface area contributed by atoms with Crippen LogP contribution >= 0.6 is 12.6 Å². The summed E-state index contributed by atoms with van der Waals surface area (Å²) in [5.74, 6) is 0. The summed E-state index contributed by atoms with van der Waals surface area (Å²) in [7, 11) is -4.39. The minimum Gasteiger partial charge on any atom is -0.395 e. The molecule has 5 nitrogen and oxygen atoms in total. The molecule has 0 aliphatic heterocycles. The molecule has 7 heteroatoms. The molecule has 62 valence electrons. The molecule has 0 aromatic rings. The molecule has 0 aliphatic rings. The van der Waals surface area contributed by atoms with Crippen molar-refractivity contribution in [1.29, 1.82) is 0 Å². The van der Waals surface area contributed by atoms with Crippen LogP contribution in [0.15, 0.2) is 0 Å². The number of aliphatic hydroxyl groups is 2. The summed E-state index contributed by atoms with van der Waals surface area (Å²) in [5.41, 5.74) is -1.57. The Balaban J connectivity index is 4.38. The Labute approximate surface area is 63.8 Å². The van der Waals surface area contributed by atoms with E-state index in [1.807, 2.05) is 0 Å². The van der Waals surface area contributed by atoms with Crippen LogP contribution in [-0.2, 0) is 10.1 Å². The van der Waals surface area contributed by atoms with Gasteiger partial charge in [-0.15, -0.1) is 12.6 Å². The molecule has 2 unspecified atom stereocenters. The fourth-order valence-electron chi connectivity index (χ4n) is 0.342. The molecule has 10 heavy (non-hydrogen) atoms. The van der Waals surface area contributed by atoms with Crippen LogP contribution in [0.5, 0.6) is 0 Å². The van der Waals surface area contributed by atoms with Crippen molar-refractivity contribution >= 4 is 22.7 Å². The van der Waals surface area contributed by atoms with Crippen LogP contribution in [0, 0.1) is 0 Å². The van der Waals surface area contributed by atoms with Crippen LogP contribution in [0.2, 0.25) is 0 Å². The van der Waals surface area contributed by atoms with E-state index in [-0.39, 0.29) is 0 Å². The van der Waals surface area contributed by atoms with Gasteiger partial charge in [0.1, 0.15) is 10.7 Å². The van der Waals surface area contributed by atoms with E-state index in [0.29, 0.717) is 0 Å². The van der Waals surface area contributed by atoms with Crippen LogP contribution in [0.1, 0.15) is 0 Å². The fourth-order valence-corrected chi connectivity index (χ4v) is 1.39. The first-order valence-corrected chi connectivity index (χ1v) is 4.35. The monoisotopic (exact) mass is 188 g/mol. The number of aliphatic hydroxyl groups excluding tert-OH is 2. The van der Waals surface area contributed by atoms with Gasteiger partial charge in [-0.1, -0.05) is 0 Å². The van der Waals surface area contributed by atoms with Crippen molar-refractivity contribution in [2.75, 3.05) is 6.61 Å². The lowest BCUT2D eigenvalue weighted by Gasteiger charge is -2.11. The molecule has 0 radical (unpaired) electrons. The number of rotatable bonds is 3. The molecule has 2 atom stereocenters. The molecule has 0 amide bonds. The molecular weight excluding hydrogens is 180 g/mol. The molecule has 0 spiro atoms. The van der Waals surface area contributed by atoms with Crippen molar-refractivity contribution in [3.8, 4) is 0 Å². The standard InChI is InChI=1S/C3H8O5S2/c4-1-2(3(5)9)10(6,7)8/h2-5,9H,1H2,(H,6,7,8). The van der Waals surface area contributed by atoms with Gasteiger partial charge in [-0.3, -0.25) is 4.55 Å². The average molecular weight is 188 g/mol. The van der Waals surface area contributed by atoms with E-state index in [4.69, 9.17) is 14.8 Å². The first-order chi connectivity index (χ1) is 4.39. The number of hydrogen-bond donors (Lipinski definition) is 4. The van der Waals surface area contributed by atoms with Crippen molar-refractivity contribution in [2.45, 2.75) is 10.7 Å². The van der Waals surface area contributed by atoms with Crippen molar-refractivity contribution in [3.05, 3.63) is 0 Å². The van der Waals surface area contributed by atoms with E-state index < -0.39 is 27.4 Å². The normalized spacial score (nSPS) is 18.4. The topological polar surface area (TPSA) is 94.8 Å². The smallest absolute Gasteiger partial charge is 0.273 e. The van der Waals surface area contributed by atoms with E-state index in [2.05, 4.69) is 12.6 Å². The Morgan fingerprint density at radius 2 is 1.90 bits per heavy atom. The molecular formula is C3H8O5S2. The molecule has 0 aromatic heterocycles. The van der Waals surface area contributed by atoms with Crippen molar-refractivity contribution < 1.29 is 23.2 Å². The Morgan fingerprint density at radius 1 is 1.50 bits per heavy atom. The maximum Gasteiger partial charge on any atom is 0.273 e. The molecule has 0 bridgehead atoms. The fraction of sp³-hybridized carbons (Fsp3) is 1.00. The lowest BCUT2D eigenvalue weighted by Crippen LogP contribution is -2.33. The third-order valence-electron chi connectivity index (χ3n) is 0.895. The average Bonchev–Trinajstić information content (AvgIpc) is 1.60. The summed E-state index contributed by atoms with van der Waals surface area (Å²) >= 11 is 3.32. The molecule has 0 saturated carbocycles. The third-order valence-corrected chi connectivity index (χ3v) is 2.63. The summed E-state index contributed by atoms with van der Waals surface area (Å²) in [6, 6.07) is 0. The van der Waals surface area contributed by atoms with E-state index in [0.717, 1.165) is 0 Å². The summed E-state index contributed by atoms with van der Waals surface area (Å²) < 4.78 is 28.6. The van der Waals surface area contributed by atoms with Gasteiger partial charge >= 0.3 is 0 Å². The van der Waals surface area contributed by atoms with Crippen LogP contribution in [0.25, 0.3) is 0 Å². The Bertz CT molecular complexity index is 183. The largest absolute Gasteiger partial charge is 0.395 e. The van der Waals surface area contributed by atoms with Crippen molar-refractivity contribution in [3.63, 3.8) is 0 Å². The van der Waals surface area contributed by atoms with Gasteiger partial charge < -0.3 is 10.2 Å². The molecule has 0 aromatic carbocycles. The lowest BCUT2D eigenvalue weighted by molar-refractivity contribution is 0.197. The maximum atomic E-state index is 10.2. The quantitative estimate of drug-likeness (QED) is 0.245. The zero-order chi connectivity index (χ0) is 8.36. The Kier molecular flexibility index (Phi) is 3.60. The van der Waals surface area contributed by atoms with Crippen molar-refractivity contribution in [2.24, 2.45) is 0 Å². The van der Waals surface area contributed by atoms with Crippen LogP contribution in [0.4, 0.5) is 0 Å². The van der Waals surface area contributed by atoms with E-state index >= 15 is 0 Å². The zero-order valence-corrected chi connectivity index (χ0v) is 6.59. The molecule has 0 aliphatic carbocycles. The second kappa shape index (κ2) is 3.54. The van der Waals surface area contributed by atoms with Crippen LogP contribution in [0.3, 0.4) is 0 Å². The highest BCUT2D eigenvalue weighted by Gasteiger charge is 2.27. The third kappa shape index (κ3) is 2.84. The predicted octanol–water partition coefficient (Wildman–Crippen LogP) is -1.52. The van der Waals surface area contributed by atoms with Crippen LogP contribution in [-0.4, -0.2) is 40.5 Å². The van der Waals surface area contributed by atoms with Gasteiger partial charge in [0, 0.05) is 0 Å². The summed E-state index contributed by atoms with van der Waals surface area (Å²) in [6.45, 7) is -0.858. The number of hydrogen-bond acceptors (Lipinski definition) is 5. The highest BCUT2D eigenvalue weighted by molar-refractivity contribution is 7.88. The van der Waals surface area contributed by atoms with E-state index in [1.165, 1.54) is 0 Å². The minimum absolute atomic E-state index is 0.858. The first kappa shape index (κ1) is 10.2. The Hall–Kier alpha value is 0.180. The number of thiol groups is 1.